The average molecular weight is 265 g/mol. The van der Waals surface area contributed by atoms with Crippen molar-refractivity contribution in [1.82, 2.24) is 4.98 Å². The number of nitrogens with two attached hydrogens (primary N) is 1. The van der Waals surface area contributed by atoms with Gasteiger partial charge in [0, 0.05) is 0 Å². The molecule has 0 bridgehead atoms. The van der Waals surface area contributed by atoms with Gasteiger partial charge in [-0.3, -0.25) is 0 Å². The second-order valence-electron chi connectivity index (χ2n) is 3.76. The minimum atomic E-state index is -0.0194. The van der Waals surface area contributed by atoms with E-state index in [0.717, 1.165) is 5.56 Å². The monoisotopic (exact) mass is 264 g/mol. The summed E-state index contributed by atoms with van der Waals surface area (Å²) in [5, 5.41) is 9.54. The van der Waals surface area contributed by atoms with Crippen LogP contribution in [0.2, 0.25) is 5.02 Å². The van der Waals surface area contributed by atoms with E-state index in [0.29, 0.717) is 22.3 Å². The van der Waals surface area contributed by atoms with Crippen LogP contribution in [0.25, 0.3) is 0 Å². The lowest BCUT2D eigenvalue weighted by molar-refractivity contribution is 0.277. The van der Waals surface area contributed by atoms with Crippen LogP contribution in [0.1, 0.15) is 11.3 Å². The number of anilines is 1. The highest BCUT2D eigenvalue weighted by Crippen LogP contribution is 2.19. The molecule has 1 aromatic heterocycles. The molecule has 2 aromatic rings. The number of ether oxygens (including phenoxy) is 1. The molecule has 0 aliphatic heterocycles. The molecule has 0 atom stereocenters. The molecule has 5 heteroatoms. The van der Waals surface area contributed by atoms with E-state index >= 15 is 0 Å². The van der Waals surface area contributed by atoms with Crippen LogP contribution in [0, 0.1) is 0 Å². The van der Waals surface area contributed by atoms with Crippen molar-refractivity contribution in [1.29, 1.82) is 0 Å². The Morgan fingerprint density at radius 3 is 2.89 bits per heavy atom. The largest absolute Gasteiger partial charge is 0.487 e. The van der Waals surface area contributed by atoms with Crippen LogP contribution in [-0.4, -0.2) is 10.1 Å². The maximum atomic E-state index is 9.02. The summed E-state index contributed by atoms with van der Waals surface area (Å²) in [5.74, 6) is 1.06. The van der Waals surface area contributed by atoms with Crippen LogP contribution >= 0.6 is 11.6 Å². The van der Waals surface area contributed by atoms with Crippen molar-refractivity contribution >= 4 is 17.4 Å². The molecule has 0 radical (unpaired) electrons. The number of nitrogen functional groups attached to an aromatic ring is 1. The maximum absolute atomic E-state index is 9.02. The molecule has 0 saturated heterocycles. The van der Waals surface area contributed by atoms with E-state index in [1.54, 1.807) is 24.3 Å². The fourth-order valence-electron chi connectivity index (χ4n) is 1.49. The first-order valence-corrected chi connectivity index (χ1v) is 5.80. The first-order valence-electron chi connectivity index (χ1n) is 5.42. The first-order chi connectivity index (χ1) is 8.69. The van der Waals surface area contributed by atoms with Crippen molar-refractivity contribution in [3.63, 3.8) is 0 Å². The zero-order chi connectivity index (χ0) is 13.0. The lowest BCUT2D eigenvalue weighted by atomic mass is 10.2. The van der Waals surface area contributed by atoms with Gasteiger partial charge in [-0.05, 0) is 29.8 Å². The van der Waals surface area contributed by atoms with Gasteiger partial charge in [-0.25, -0.2) is 4.98 Å². The summed E-state index contributed by atoms with van der Waals surface area (Å²) < 4.78 is 5.56. The Bertz CT molecular complexity index is 546. The topological polar surface area (TPSA) is 68.4 Å². The van der Waals surface area contributed by atoms with Gasteiger partial charge >= 0.3 is 0 Å². The quantitative estimate of drug-likeness (QED) is 0.890. The number of hydrogen-bond acceptors (Lipinski definition) is 4. The van der Waals surface area contributed by atoms with Gasteiger partial charge in [-0.1, -0.05) is 23.7 Å². The highest BCUT2D eigenvalue weighted by Gasteiger charge is 2.04. The van der Waals surface area contributed by atoms with Gasteiger partial charge in [0.25, 0.3) is 0 Å². The summed E-state index contributed by atoms with van der Waals surface area (Å²) in [7, 11) is 0. The molecule has 1 aromatic carbocycles. The second kappa shape index (κ2) is 5.71. The molecule has 18 heavy (non-hydrogen) atoms. The Morgan fingerprint density at radius 2 is 2.11 bits per heavy atom. The van der Waals surface area contributed by atoms with E-state index in [1.165, 1.54) is 0 Å². The van der Waals surface area contributed by atoms with Gasteiger partial charge in [0.2, 0.25) is 0 Å². The van der Waals surface area contributed by atoms with Crippen molar-refractivity contribution in [3.8, 4) is 5.75 Å². The minimum Gasteiger partial charge on any atom is -0.487 e. The lowest BCUT2D eigenvalue weighted by Crippen LogP contribution is -2.02. The molecule has 0 spiro atoms. The average Bonchev–Trinajstić information content (AvgIpc) is 2.40. The van der Waals surface area contributed by atoms with E-state index in [1.807, 2.05) is 12.1 Å². The van der Waals surface area contributed by atoms with Crippen molar-refractivity contribution < 1.29 is 9.84 Å². The van der Waals surface area contributed by atoms with E-state index in [2.05, 4.69) is 4.98 Å². The number of aliphatic hydroxyl groups excluding tert-OH is 1. The van der Waals surface area contributed by atoms with Crippen molar-refractivity contribution in [2.75, 3.05) is 5.73 Å². The van der Waals surface area contributed by atoms with E-state index in [-0.39, 0.29) is 13.2 Å². The fraction of sp³-hybridized carbons (Fsp3) is 0.154. The molecular weight excluding hydrogens is 252 g/mol. The van der Waals surface area contributed by atoms with Crippen LogP contribution in [0.3, 0.4) is 0 Å². The maximum Gasteiger partial charge on any atom is 0.132 e. The number of aromatic nitrogens is 1. The van der Waals surface area contributed by atoms with Crippen LogP contribution in [0.5, 0.6) is 5.75 Å². The molecule has 94 valence electrons. The van der Waals surface area contributed by atoms with Gasteiger partial charge in [-0.15, -0.1) is 0 Å². The summed E-state index contributed by atoms with van der Waals surface area (Å²) in [4.78, 5) is 4.10. The summed E-state index contributed by atoms with van der Waals surface area (Å²) >= 11 is 5.98. The summed E-state index contributed by atoms with van der Waals surface area (Å²) in [6, 6.07) is 10.5. The number of pyridine rings is 1. The van der Waals surface area contributed by atoms with Gasteiger partial charge < -0.3 is 15.6 Å². The predicted molar refractivity (Wildman–Crippen MR) is 70.4 cm³/mol. The zero-order valence-electron chi connectivity index (χ0n) is 9.64. The molecule has 2 rings (SSSR count). The summed E-state index contributed by atoms with van der Waals surface area (Å²) in [6.07, 6.45) is 0. The molecule has 4 nitrogen and oxygen atoms in total. The Labute approximate surface area is 110 Å². The molecule has 0 aliphatic rings. The van der Waals surface area contributed by atoms with Gasteiger partial charge in [0.1, 0.15) is 18.2 Å². The number of hydrogen-bond donors (Lipinski definition) is 2. The van der Waals surface area contributed by atoms with Crippen molar-refractivity contribution in [3.05, 3.63) is 52.7 Å². The number of nitrogens with zero attached hydrogens (tertiary/aromatic N) is 1. The van der Waals surface area contributed by atoms with Gasteiger partial charge in [0.05, 0.1) is 17.3 Å². The summed E-state index contributed by atoms with van der Waals surface area (Å²) in [5.41, 5.74) is 6.96. The molecule has 0 amide bonds. The number of halogens is 1. The molecular formula is C13H13ClN2O2. The summed E-state index contributed by atoms with van der Waals surface area (Å²) in [6.45, 7) is 0.216. The van der Waals surface area contributed by atoms with Crippen molar-refractivity contribution in [2.24, 2.45) is 0 Å². The minimum absolute atomic E-state index is 0.0194. The van der Waals surface area contributed by atoms with Gasteiger partial charge in [0.15, 0.2) is 0 Å². The number of benzene rings is 1. The molecule has 0 aliphatic carbocycles. The highest BCUT2D eigenvalue weighted by atomic mass is 35.5. The molecule has 0 saturated carbocycles. The number of aliphatic hydroxyl groups is 1. The van der Waals surface area contributed by atoms with Gasteiger partial charge in [-0.2, -0.15) is 0 Å². The predicted octanol–water partition coefficient (Wildman–Crippen LogP) is 2.39. The first kappa shape index (κ1) is 12.7. The molecule has 0 fully saturated rings. The van der Waals surface area contributed by atoms with Crippen molar-refractivity contribution in [2.45, 2.75) is 13.2 Å². The highest BCUT2D eigenvalue weighted by molar-refractivity contribution is 6.31. The third-order valence-corrected chi connectivity index (χ3v) is 2.74. The third-order valence-electron chi connectivity index (χ3n) is 2.40. The van der Waals surface area contributed by atoms with E-state index in [4.69, 9.17) is 27.2 Å². The Kier molecular flexibility index (Phi) is 4.02. The molecule has 1 heterocycles. The van der Waals surface area contributed by atoms with E-state index < -0.39 is 0 Å². The normalized spacial score (nSPS) is 10.3. The molecule has 3 N–H and O–H groups in total. The fourth-order valence-corrected chi connectivity index (χ4v) is 1.65. The second-order valence-corrected chi connectivity index (χ2v) is 4.17. The SMILES string of the molecule is Nc1ccc(Cl)c(COc2cccc(CO)c2)n1. The van der Waals surface area contributed by atoms with Crippen LogP contribution in [-0.2, 0) is 13.2 Å². The molecule has 0 unspecified atom stereocenters. The van der Waals surface area contributed by atoms with Crippen LogP contribution in [0.4, 0.5) is 5.82 Å². The number of rotatable bonds is 4. The lowest BCUT2D eigenvalue weighted by Gasteiger charge is -2.08. The zero-order valence-corrected chi connectivity index (χ0v) is 10.4. The smallest absolute Gasteiger partial charge is 0.132 e. The third kappa shape index (κ3) is 3.12. The van der Waals surface area contributed by atoms with E-state index in [9.17, 15) is 0 Å². The Hall–Kier alpha value is -1.78. The van der Waals surface area contributed by atoms with Crippen LogP contribution < -0.4 is 10.5 Å². The van der Waals surface area contributed by atoms with Crippen LogP contribution in [0.15, 0.2) is 36.4 Å². The Morgan fingerprint density at radius 1 is 1.28 bits per heavy atom. The Balaban J connectivity index is 2.08. The standard InChI is InChI=1S/C13H13ClN2O2/c14-11-4-5-13(15)16-12(11)8-18-10-3-1-2-9(6-10)7-17/h1-6,17H,7-8H2,(H2,15,16).